The zero-order chi connectivity index (χ0) is 12.8. The summed E-state index contributed by atoms with van der Waals surface area (Å²) >= 11 is 11.8. The van der Waals surface area contributed by atoms with E-state index in [1.165, 1.54) is 0 Å². The summed E-state index contributed by atoms with van der Waals surface area (Å²) < 4.78 is 0. The Balaban J connectivity index is 2.45. The lowest BCUT2D eigenvalue weighted by molar-refractivity contribution is -0.118. The molecule has 0 aliphatic heterocycles. The van der Waals surface area contributed by atoms with Crippen LogP contribution in [0.4, 0.5) is 0 Å². The summed E-state index contributed by atoms with van der Waals surface area (Å²) in [7, 11) is 0. The zero-order valence-corrected chi connectivity index (χ0v) is 11.6. The van der Waals surface area contributed by atoms with Gasteiger partial charge in [-0.2, -0.15) is 0 Å². The molecule has 4 heteroatoms. The van der Waals surface area contributed by atoms with Crippen LogP contribution in [0.5, 0.6) is 0 Å². The number of hydrogen-bond donors (Lipinski definition) is 1. The van der Waals surface area contributed by atoms with Crippen LogP contribution >= 0.6 is 23.2 Å². The molecule has 1 N–H and O–H groups in total. The minimum Gasteiger partial charge on any atom is -0.314 e. The fourth-order valence-electron chi connectivity index (χ4n) is 1.47. The predicted molar refractivity (Wildman–Crippen MR) is 72.9 cm³/mol. The highest BCUT2D eigenvalue weighted by molar-refractivity contribution is 6.35. The molecule has 0 fully saturated rings. The van der Waals surface area contributed by atoms with E-state index in [1.807, 2.05) is 0 Å². The molecule has 17 heavy (non-hydrogen) atoms. The highest BCUT2D eigenvalue weighted by Crippen LogP contribution is 2.21. The van der Waals surface area contributed by atoms with E-state index in [9.17, 15) is 4.79 Å². The van der Waals surface area contributed by atoms with Crippen LogP contribution in [0.2, 0.25) is 10.0 Å². The molecule has 0 spiro atoms. The Kier molecular flexibility index (Phi) is 5.96. The quantitative estimate of drug-likeness (QED) is 0.860. The number of nitrogens with one attached hydrogen (secondary N) is 1. The second-order valence-electron chi connectivity index (χ2n) is 4.31. The van der Waals surface area contributed by atoms with Gasteiger partial charge in [0.2, 0.25) is 0 Å². The summed E-state index contributed by atoms with van der Waals surface area (Å²) in [5.74, 6) is 0.183. The molecule has 0 radical (unpaired) electrons. The Bertz CT molecular complexity index is 391. The van der Waals surface area contributed by atoms with Gasteiger partial charge in [-0.25, -0.2) is 0 Å². The van der Waals surface area contributed by atoms with Crippen molar-refractivity contribution in [3.05, 3.63) is 33.8 Å². The van der Waals surface area contributed by atoms with Gasteiger partial charge in [0, 0.05) is 35.5 Å². The number of carbonyl (C=O) groups is 1. The van der Waals surface area contributed by atoms with Crippen molar-refractivity contribution >= 4 is 29.0 Å². The number of Topliss-reactive ketones (excluding diaryl/α,β-unsaturated/α-hetero) is 1. The minimum absolute atomic E-state index is 0.183. The SMILES string of the molecule is CC(C)NCCC(=O)Cc1ccc(Cl)cc1Cl. The van der Waals surface area contributed by atoms with Crippen molar-refractivity contribution in [1.82, 2.24) is 5.32 Å². The van der Waals surface area contributed by atoms with Crippen LogP contribution in [0.15, 0.2) is 18.2 Å². The van der Waals surface area contributed by atoms with E-state index in [0.717, 1.165) is 5.56 Å². The van der Waals surface area contributed by atoms with Gasteiger partial charge in [-0.05, 0) is 17.7 Å². The summed E-state index contributed by atoms with van der Waals surface area (Å²) in [5.41, 5.74) is 0.839. The molecule has 2 nitrogen and oxygen atoms in total. The minimum atomic E-state index is 0.183. The lowest BCUT2D eigenvalue weighted by Gasteiger charge is -2.08. The van der Waals surface area contributed by atoms with Gasteiger partial charge < -0.3 is 5.32 Å². The summed E-state index contributed by atoms with van der Waals surface area (Å²) in [4.78, 5) is 11.7. The number of hydrogen-bond acceptors (Lipinski definition) is 2. The number of rotatable bonds is 6. The van der Waals surface area contributed by atoms with E-state index in [-0.39, 0.29) is 5.78 Å². The van der Waals surface area contributed by atoms with Crippen molar-refractivity contribution in [1.29, 1.82) is 0 Å². The van der Waals surface area contributed by atoms with Crippen LogP contribution in [-0.4, -0.2) is 18.4 Å². The normalized spacial score (nSPS) is 10.9. The average molecular weight is 274 g/mol. The van der Waals surface area contributed by atoms with Crippen molar-refractivity contribution in [2.24, 2.45) is 0 Å². The molecule has 0 aliphatic carbocycles. The van der Waals surface area contributed by atoms with Crippen molar-refractivity contribution in [3.8, 4) is 0 Å². The maximum Gasteiger partial charge on any atom is 0.138 e. The summed E-state index contributed by atoms with van der Waals surface area (Å²) in [6, 6.07) is 5.63. The molecule has 0 atom stereocenters. The van der Waals surface area contributed by atoms with E-state index < -0.39 is 0 Å². The van der Waals surface area contributed by atoms with Crippen LogP contribution in [0, 0.1) is 0 Å². The fraction of sp³-hybridized carbons (Fsp3) is 0.462. The number of halogens is 2. The van der Waals surface area contributed by atoms with Crippen molar-refractivity contribution < 1.29 is 4.79 Å². The second kappa shape index (κ2) is 7.00. The van der Waals surface area contributed by atoms with E-state index in [4.69, 9.17) is 23.2 Å². The van der Waals surface area contributed by atoms with Gasteiger partial charge in [-0.3, -0.25) is 4.79 Å². The summed E-state index contributed by atoms with van der Waals surface area (Å²) in [5, 5.41) is 4.36. The Morgan fingerprint density at radius 1 is 1.35 bits per heavy atom. The van der Waals surface area contributed by atoms with Gasteiger partial charge in [0.15, 0.2) is 0 Å². The number of ketones is 1. The summed E-state index contributed by atoms with van der Waals surface area (Å²) in [6.45, 7) is 4.82. The van der Waals surface area contributed by atoms with Crippen LogP contribution in [0.25, 0.3) is 0 Å². The number of carbonyl (C=O) groups excluding carboxylic acids is 1. The number of benzene rings is 1. The first-order chi connectivity index (χ1) is 7.99. The molecule has 1 aromatic rings. The fourth-order valence-corrected chi connectivity index (χ4v) is 1.94. The molecule has 0 aliphatic rings. The van der Waals surface area contributed by atoms with Gasteiger partial charge in [-0.1, -0.05) is 43.1 Å². The topological polar surface area (TPSA) is 29.1 Å². The van der Waals surface area contributed by atoms with Gasteiger partial charge in [0.05, 0.1) is 0 Å². The average Bonchev–Trinajstić information content (AvgIpc) is 2.21. The third kappa shape index (κ3) is 5.53. The highest BCUT2D eigenvalue weighted by Gasteiger charge is 2.07. The first kappa shape index (κ1) is 14.5. The van der Waals surface area contributed by atoms with E-state index in [0.29, 0.717) is 35.5 Å². The Labute approximate surface area is 112 Å². The molecule has 0 saturated heterocycles. The standard InChI is InChI=1S/C13H17Cl2NO/c1-9(2)16-6-5-12(17)7-10-3-4-11(14)8-13(10)15/h3-4,8-9,16H,5-7H2,1-2H3. The highest BCUT2D eigenvalue weighted by atomic mass is 35.5. The van der Waals surface area contributed by atoms with Crippen LogP contribution in [-0.2, 0) is 11.2 Å². The molecule has 1 aromatic carbocycles. The Hall–Kier alpha value is -0.570. The Morgan fingerprint density at radius 2 is 2.06 bits per heavy atom. The first-order valence-electron chi connectivity index (χ1n) is 5.68. The lowest BCUT2D eigenvalue weighted by atomic mass is 10.1. The Morgan fingerprint density at radius 3 is 2.65 bits per heavy atom. The van der Waals surface area contributed by atoms with E-state index in [2.05, 4.69) is 19.2 Å². The molecule has 0 heterocycles. The van der Waals surface area contributed by atoms with E-state index in [1.54, 1.807) is 18.2 Å². The molecular weight excluding hydrogens is 257 g/mol. The van der Waals surface area contributed by atoms with Gasteiger partial charge >= 0.3 is 0 Å². The molecule has 94 valence electrons. The predicted octanol–water partition coefficient (Wildman–Crippen LogP) is 3.49. The smallest absolute Gasteiger partial charge is 0.138 e. The van der Waals surface area contributed by atoms with Crippen LogP contribution < -0.4 is 5.32 Å². The third-order valence-electron chi connectivity index (χ3n) is 2.36. The molecule has 1 rings (SSSR count). The summed E-state index contributed by atoms with van der Waals surface area (Å²) in [6.07, 6.45) is 0.896. The molecule has 0 saturated carbocycles. The first-order valence-corrected chi connectivity index (χ1v) is 6.43. The molecule has 0 bridgehead atoms. The van der Waals surface area contributed by atoms with Gasteiger partial charge in [0.1, 0.15) is 5.78 Å². The molecule has 0 amide bonds. The van der Waals surface area contributed by atoms with Crippen LogP contribution in [0.3, 0.4) is 0 Å². The van der Waals surface area contributed by atoms with Crippen molar-refractivity contribution in [2.45, 2.75) is 32.7 Å². The maximum atomic E-state index is 11.7. The van der Waals surface area contributed by atoms with Crippen LogP contribution in [0.1, 0.15) is 25.8 Å². The monoisotopic (exact) mass is 273 g/mol. The molecule has 0 aromatic heterocycles. The van der Waals surface area contributed by atoms with Crippen molar-refractivity contribution in [2.75, 3.05) is 6.54 Å². The largest absolute Gasteiger partial charge is 0.314 e. The van der Waals surface area contributed by atoms with Crippen molar-refractivity contribution in [3.63, 3.8) is 0 Å². The maximum absolute atomic E-state index is 11.7. The van der Waals surface area contributed by atoms with Gasteiger partial charge in [0.25, 0.3) is 0 Å². The molecular formula is C13H17Cl2NO. The third-order valence-corrected chi connectivity index (χ3v) is 2.95. The van der Waals surface area contributed by atoms with Gasteiger partial charge in [-0.15, -0.1) is 0 Å². The van der Waals surface area contributed by atoms with E-state index >= 15 is 0 Å². The molecule has 0 unspecified atom stereocenters. The second-order valence-corrected chi connectivity index (χ2v) is 5.15. The lowest BCUT2D eigenvalue weighted by Crippen LogP contribution is -2.25. The zero-order valence-electron chi connectivity index (χ0n) is 10.1.